The summed E-state index contributed by atoms with van der Waals surface area (Å²) >= 11 is 0. The highest BCUT2D eigenvalue weighted by molar-refractivity contribution is 4.89. The molecule has 0 spiro atoms. The second kappa shape index (κ2) is 7.43. The molecule has 0 aromatic heterocycles. The molecule has 0 saturated carbocycles. The first kappa shape index (κ1) is 16.7. The van der Waals surface area contributed by atoms with E-state index >= 15 is 0 Å². The van der Waals surface area contributed by atoms with Crippen molar-refractivity contribution in [3.05, 3.63) is 0 Å². The van der Waals surface area contributed by atoms with Crippen molar-refractivity contribution >= 4 is 0 Å². The molecule has 0 unspecified atom stereocenters. The van der Waals surface area contributed by atoms with Gasteiger partial charge in [0.15, 0.2) is 6.29 Å². The summed E-state index contributed by atoms with van der Waals surface area (Å²) in [6.45, 7) is -1.73. The van der Waals surface area contributed by atoms with Gasteiger partial charge in [-0.2, -0.15) is 0 Å². The Morgan fingerprint density at radius 3 is 2.11 bits per heavy atom. The van der Waals surface area contributed by atoms with Crippen LogP contribution in [0, 0.1) is 0 Å². The van der Waals surface area contributed by atoms with E-state index in [1.165, 1.54) is 0 Å². The van der Waals surface area contributed by atoms with Gasteiger partial charge in [0.05, 0.1) is 19.8 Å². The number of rotatable bonds is 6. The van der Waals surface area contributed by atoms with Crippen LogP contribution in [0.25, 0.3) is 0 Å². The summed E-state index contributed by atoms with van der Waals surface area (Å²) < 4.78 is 9.96. The fourth-order valence-electron chi connectivity index (χ4n) is 1.63. The smallest absolute Gasteiger partial charge is 0.186 e. The van der Waals surface area contributed by atoms with E-state index in [-0.39, 0.29) is 0 Å². The average Bonchev–Trinajstić information content (AvgIpc) is 2.42. The van der Waals surface area contributed by atoms with Crippen molar-refractivity contribution in [2.24, 2.45) is 0 Å². The van der Waals surface area contributed by atoms with Crippen molar-refractivity contribution in [3.63, 3.8) is 0 Å². The lowest BCUT2D eigenvalue weighted by molar-refractivity contribution is -0.306. The van der Waals surface area contributed by atoms with Crippen molar-refractivity contribution in [1.29, 1.82) is 0 Å². The van der Waals surface area contributed by atoms with Gasteiger partial charge in [-0.3, -0.25) is 0 Å². The van der Waals surface area contributed by atoms with Gasteiger partial charge in [0.2, 0.25) is 0 Å². The minimum atomic E-state index is -1.57. The molecule has 1 saturated heterocycles. The van der Waals surface area contributed by atoms with E-state index in [1.54, 1.807) is 0 Å². The highest BCUT2D eigenvalue weighted by Crippen LogP contribution is 2.22. The Balaban J connectivity index is 2.52. The number of aliphatic hydroxyl groups excluding tert-OH is 7. The average molecular weight is 284 g/mol. The van der Waals surface area contributed by atoms with Crippen LogP contribution in [0.15, 0.2) is 0 Å². The Morgan fingerprint density at radius 1 is 0.947 bits per heavy atom. The maximum Gasteiger partial charge on any atom is 0.186 e. The number of hydrogen-bond donors (Lipinski definition) is 7. The van der Waals surface area contributed by atoms with E-state index in [0.717, 1.165) is 0 Å². The van der Waals surface area contributed by atoms with Crippen molar-refractivity contribution in [2.45, 2.75) is 42.9 Å². The number of aliphatic hydroxyl groups is 7. The zero-order valence-corrected chi connectivity index (χ0v) is 10.1. The largest absolute Gasteiger partial charge is 0.394 e. The number of ether oxygens (including phenoxy) is 2. The fourth-order valence-corrected chi connectivity index (χ4v) is 1.63. The van der Waals surface area contributed by atoms with Gasteiger partial charge >= 0.3 is 0 Å². The Labute approximate surface area is 109 Å². The quantitative estimate of drug-likeness (QED) is 0.255. The van der Waals surface area contributed by atoms with Gasteiger partial charge in [-0.15, -0.1) is 0 Å². The lowest BCUT2D eigenvalue weighted by Gasteiger charge is -2.39. The summed E-state index contributed by atoms with van der Waals surface area (Å²) in [6, 6.07) is 0. The standard InChI is InChI=1S/C10H20O9/c11-1-4(13)5(14)3-18-10-9(17)8(16)7(15)6(2-12)19-10/h4-17H,1-3H2/t4-,5+,6+,7-,8-,9+,10+/m0/s1. The van der Waals surface area contributed by atoms with E-state index in [0.29, 0.717) is 0 Å². The minimum Gasteiger partial charge on any atom is -0.394 e. The van der Waals surface area contributed by atoms with Crippen LogP contribution in [0.4, 0.5) is 0 Å². The van der Waals surface area contributed by atoms with E-state index < -0.39 is 62.7 Å². The van der Waals surface area contributed by atoms with Crippen LogP contribution in [-0.2, 0) is 9.47 Å². The maximum atomic E-state index is 9.59. The van der Waals surface area contributed by atoms with E-state index in [9.17, 15) is 20.4 Å². The third-order valence-electron chi connectivity index (χ3n) is 2.91. The lowest BCUT2D eigenvalue weighted by Crippen LogP contribution is -2.59. The van der Waals surface area contributed by atoms with Crippen molar-refractivity contribution in [1.82, 2.24) is 0 Å². The highest BCUT2D eigenvalue weighted by atomic mass is 16.7. The van der Waals surface area contributed by atoms with Crippen LogP contribution in [-0.4, -0.2) is 98.5 Å². The summed E-state index contributed by atoms with van der Waals surface area (Å²) in [6.07, 6.45) is -9.94. The molecule has 0 aliphatic carbocycles. The third-order valence-corrected chi connectivity index (χ3v) is 2.91. The Morgan fingerprint density at radius 2 is 1.58 bits per heavy atom. The molecule has 114 valence electrons. The molecule has 0 radical (unpaired) electrons. The molecular formula is C10H20O9. The van der Waals surface area contributed by atoms with Gasteiger partial charge in [0.1, 0.15) is 36.6 Å². The second-order valence-electron chi connectivity index (χ2n) is 4.35. The molecule has 0 bridgehead atoms. The summed E-state index contributed by atoms with van der Waals surface area (Å²) in [7, 11) is 0. The molecule has 1 aliphatic heterocycles. The number of hydrogen-bond acceptors (Lipinski definition) is 9. The summed E-state index contributed by atoms with van der Waals surface area (Å²) in [4.78, 5) is 0. The minimum absolute atomic E-state index is 0.468. The van der Waals surface area contributed by atoms with Crippen LogP contribution < -0.4 is 0 Å². The molecule has 1 aliphatic rings. The maximum absolute atomic E-state index is 9.59. The molecule has 7 atom stereocenters. The Kier molecular flexibility index (Phi) is 6.53. The van der Waals surface area contributed by atoms with Crippen molar-refractivity contribution in [3.8, 4) is 0 Å². The normalized spacial score (nSPS) is 39.0. The topological polar surface area (TPSA) is 160 Å². The summed E-state index contributed by atoms with van der Waals surface area (Å²) in [5.41, 5.74) is 0. The Bertz CT molecular complexity index is 261. The molecule has 7 N–H and O–H groups in total. The van der Waals surface area contributed by atoms with Crippen LogP contribution in [0.5, 0.6) is 0 Å². The van der Waals surface area contributed by atoms with E-state index in [2.05, 4.69) is 0 Å². The molecule has 9 heteroatoms. The Hall–Kier alpha value is -0.360. The fraction of sp³-hybridized carbons (Fsp3) is 1.00. The van der Waals surface area contributed by atoms with Gasteiger partial charge in [0, 0.05) is 0 Å². The molecule has 1 fully saturated rings. The third kappa shape index (κ3) is 4.05. The molecule has 19 heavy (non-hydrogen) atoms. The van der Waals surface area contributed by atoms with Gasteiger partial charge in [-0.05, 0) is 0 Å². The van der Waals surface area contributed by atoms with Crippen LogP contribution >= 0.6 is 0 Å². The van der Waals surface area contributed by atoms with Gasteiger partial charge < -0.3 is 45.2 Å². The monoisotopic (exact) mass is 284 g/mol. The molecule has 0 aromatic carbocycles. The zero-order chi connectivity index (χ0) is 14.6. The predicted octanol–water partition coefficient (Wildman–Crippen LogP) is -4.48. The lowest BCUT2D eigenvalue weighted by atomic mass is 9.99. The van der Waals surface area contributed by atoms with Crippen LogP contribution in [0.1, 0.15) is 0 Å². The first-order chi connectivity index (χ1) is 8.92. The molecule has 1 heterocycles. The van der Waals surface area contributed by atoms with Crippen LogP contribution in [0.3, 0.4) is 0 Å². The highest BCUT2D eigenvalue weighted by Gasteiger charge is 2.44. The second-order valence-corrected chi connectivity index (χ2v) is 4.35. The first-order valence-corrected chi connectivity index (χ1v) is 5.81. The predicted molar refractivity (Wildman–Crippen MR) is 58.8 cm³/mol. The molecule has 1 rings (SSSR count). The first-order valence-electron chi connectivity index (χ1n) is 5.81. The summed E-state index contributed by atoms with van der Waals surface area (Å²) in [5.74, 6) is 0. The molecule has 9 nitrogen and oxygen atoms in total. The van der Waals surface area contributed by atoms with Crippen molar-refractivity contribution in [2.75, 3.05) is 19.8 Å². The molecule has 0 aromatic rings. The van der Waals surface area contributed by atoms with Gasteiger partial charge in [-0.25, -0.2) is 0 Å². The van der Waals surface area contributed by atoms with Crippen molar-refractivity contribution < 1.29 is 45.2 Å². The van der Waals surface area contributed by atoms with E-state index in [1.807, 2.05) is 0 Å². The van der Waals surface area contributed by atoms with Gasteiger partial charge in [-0.1, -0.05) is 0 Å². The molecule has 0 amide bonds. The van der Waals surface area contributed by atoms with E-state index in [4.69, 9.17) is 24.8 Å². The SMILES string of the molecule is OC[C@H](O)[C@H](O)CO[C@@H]1O[C@H](CO)[C@H](O)[C@H](O)[C@H]1O. The summed E-state index contributed by atoms with van der Waals surface area (Å²) in [5, 5.41) is 64.5. The zero-order valence-electron chi connectivity index (χ0n) is 10.1. The van der Waals surface area contributed by atoms with Crippen LogP contribution in [0.2, 0.25) is 0 Å². The molecular weight excluding hydrogens is 264 g/mol. The van der Waals surface area contributed by atoms with Gasteiger partial charge in [0.25, 0.3) is 0 Å².